The van der Waals surface area contributed by atoms with Crippen LogP contribution >= 0.6 is 0 Å². The van der Waals surface area contributed by atoms with E-state index in [-0.39, 0.29) is 12.1 Å². The van der Waals surface area contributed by atoms with Crippen LogP contribution < -0.4 is 5.32 Å². The minimum Gasteiger partial charge on any atom is -0.387 e. The van der Waals surface area contributed by atoms with Crippen LogP contribution in [-0.2, 0) is 6.42 Å². The van der Waals surface area contributed by atoms with Gasteiger partial charge in [-0.05, 0) is 37.3 Å². The number of fused-ring (bicyclic) bond motifs is 1. The standard InChI is InChI=1S/C14H21NO/c1-3-10(2)15-13-9-8-11-6-4-5-7-12(11)14(13)16/h4-7,10,13-16H,3,8-9H2,1-2H3/t10-,13+,14+/m0/s1. The number of hydrogen-bond acceptors (Lipinski definition) is 2. The van der Waals surface area contributed by atoms with Gasteiger partial charge < -0.3 is 10.4 Å². The van der Waals surface area contributed by atoms with Gasteiger partial charge in [0.1, 0.15) is 0 Å². The summed E-state index contributed by atoms with van der Waals surface area (Å²) < 4.78 is 0. The topological polar surface area (TPSA) is 32.3 Å². The second-order valence-electron chi connectivity index (χ2n) is 4.76. The molecule has 1 aliphatic carbocycles. The third-order valence-electron chi connectivity index (χ3n) is 3.59. The fourth-order valence-corrected chi connectivity index (χ4v) is 2.39. The molecule has 0 saturated heterocycles. The molecule has 3 atom stereocenters. The van der Waals surface area contributed by atoms with E-state index >= 15 is 0 Å². The van der Waals surface area contributed by atoms with Crippen molar-refractivity contribution in [2.75, 3.05) is 0 Å². The number of benzene rings is 1. The van der Waals surface area contributed by atoms with Gasteiger partial charge in [-0.2, -0.15) is 0 Å². The molecule has 16 heavy (non-hydrogen) atoms. The molecule has 0 amide bonds. The lowest BCUT2D eigenvalue weighted by atomic mass is 9.85. The minimum atomic E-state index is -0.348. The van der Waals surface area contributed by atoms with Gasteiger partial charge in [-0.1, -0.05) is 31.2 Å². The molecule has 0 aromatic heterocycles. The zero-order valence-electron chi connectivity index (χ0n) is 10.1. The fourth-order valence-electron chi connectivity index (χ4n) is 2.39. The van der Waals surface area contributed by atoms with Crippen molar-refractivity contribution >= 4 is 0 Å². The average Bonchev–Trinajstić information content (AvgIpc) is 2.33. The summed E-state index contributed by atoms with van der Waals surface area (Å²) in [4.78, 5) is 0. The van der Waals surface area contributed by atoms with Gasteiger partial charge in [-0.15, -0.1) is 0 Å². The van der Waals surface area contributed by atoms with E-state index in [0.29, 0.717) is 6.04 Å². The van der Waals surface area contributed by atoms with Crippen LogP contribution in [0, 0.1) is 0 Å². The van der Waals surface area contributed by atoms with Gasteiger partial charge in [-0.25, -0.2) is 0 Å². The van der Waals surface area contributed by atoms with Gasteiger partial charge >= 0.3 is 0 Å². The number of aryl methyl sites for hydroxylation is 1. The summed E-state index contributed by atoms with van der Waals surface area (Å²) in [6, 6.07) is 8.92. The molecule has 2 nitrogen and oxygen atoms in total. The third kappa shape index (κ3) is 2.28. The molecule has 2 rings (SSSR count). The molecule has 0 spiro atoms. The highest BCUT2D eigenvalue weighted by molar-refractivity contribution is 5.32. The molecule has 0 heterocycles. The Balaban J connectivity index is 2.12. The highest BCUT2D eigenvalue weighted by atomic mass is 16.3. The second kappa shape index (κ2) is 4.98. The molecule has 88 valence electrons. The Morgan fingerprint density at radius 1 is 1.44 bits per heavy atom. The number of nitrogens with one attached hydrogen (secondary N) is 1. The van der Waals surface area contributed by atoms with E-state index in [9.17, 15) is 5.11 Å². The molecule has 1 aliphatic rings. The number of aliphatic hydroxyl groups excluding tert-OH is 1. The molecule has 0 fully saturated rings. The van der Waals surface area contributed by atoms with Crippen LogP contribution in [0.25, 0.3) is 0 Å². The van der Waals surface area contributed by atoms with Crippen LogP contribution in [0.5, 0.6) is 0 Å². The Labute approximate surface area is 97.7 Å². The Kier molecular flexibility index (Phi) is 3.62. The number of aliphatic hydroxyl groups is 1. The first-order valence-corrected chi connectivity index (χ1v) is 6.24. The van der Waals surface area contributed by atoms with E-state index in [1.165, 1.54) is 5.56 Å². The molecular formula is C14H21NO. The van der Waals surface area contributed by atoms with Crippen molar-refractivity contribution in [3.8, 4) is 0 Å². The van der Waals surface area contributed by atoms with Crippen LogP contribution in [0.3, 0.4) is 0 Å². The average molecular weight is 219 g/mol. The predicted octanol–water partition coefficient (Wildman–Crippen LogP) is 2.42. The fraction of sp³-hybridized carbons (Fsp3) is 0.571. The van der Waals surface area contributed by atoms with Crippen molar-refractivity contribution in [1.82, 2.24) is 5.32 Å². The van der Waals surface area contributed by atoms with Crippen LogP contribution in [-0.4, -0.2) is 17.2 Å². The van der Waals surface area contributed by atoms with E-state index in [4.69, 9.17) is 0 Å². The largest absolute Gasteiger partial charge is 0.387 e. The molecule has 2 heteroatoms. The summed E-state index contributed by atoms with van der Waals surface area (Å²) in [7, 11) is 0. The SMILES string of the molecule is CC[C@H](C)N[C@@H]1CCc2ccccc2[C@H]1O. The van der Waals surface area contributed by atoms with E-state index in [1.807, 2.05) is 18.2 Å². The summed E-state index contributed by atoms with van der Waals surface area (Å²) in [5.41, 5.74) is 2.41. The zero-order chi connectivity index (χ0) is 11.5. The second-order valence-corrected chi connectivity index (χ2v) is 4.76. The van der Waals surface area contributed by atoms with Crippen LogP contribution in [0.15, 0.2) is 24.3 Å². The lowest BCUT2D eigenvalue weighted by molar-refractivity contribution is 0.109. The molecule has 0 aliphatic heterocycles. The summed E-state index contributed by atoms with van der Waals surface area (Å²) in [6.45, 7) is 4.34. The van der Waals surface area contributed by atoms with Crippen molar-refractivity contribution in [2.45, 2.75) is 51.3 Å². The van der Waals surface area contributed by atoms with Crippen molar-refractivity contribution in [3.05, 3.63) is 35.4 Å². The van der Waals surface area contributed by atoms with Crippen LogP contribution in [0.4, 0.5) is 0 Å². The molecule has 2 N–H and O–H groups in total. The first-order valence-electron chi connectivity index (χ1n) is 6.24. The van der Waals surface area contributed by atoms with E-state index in [0.717, 1.165) is 24.8 Å². The van der Waals surface area contributed by atoms with Gasteiger partial charge in [0.15, 0.2) is 0 Å². The Morgan fingerprint density at radius 2 is 2.19 bits per heavy atom. The van der Waals surface area contributed by atoms with Gasteiger partial charge in [0, 0.05) is 12.1 Å². The van der Waals surface area contributed by atoms with Crippen molar-refractivity contribution in [3.63, 3.8) is 0 Å². The Hall–Kier alpha value is -0.860. The maximum absolute atomic E-state index is 10.3. The van der Waals surface area contributed by atoms with E-state index < -0.39 is 0 Å². The zero-order valence-corrected chi connectivity index (χ0v) is 10.1. The maximum Gasteiger partial charge on any atom is 0.0945 e. The minimum absolute atomic E-state index is 0.213. The highest BCUT2D eigenvalue weighted by Crippen LogP contribution is 2.29. The molecule has 1 aromatic rings. The summed E-state index contributed by atoms with van der Waals surface area (Å²) in [5, 5.41) is 13.8. The monoisotopic (exact) mass is 219 g/mol. The summed E-state index contributed by atoms with van der Waals surface area (Å²) in [5.74, 6) is 0. The smallest absolute Gasteiger partial charge is 0.0945 e. The van der Waals surface area contributed by atoms with E-state index in [1.54, 1.807) is 0 Å². The van der Waals surface area contributed by atoms with Gasteiger partial charge in [-0.3, -0.25) is 0 Å². The molecule has 1 aromatic carbocycles. The highest BCUT2D eigenvalue weighted by Gasteiger charge is 2.27. The lowest BCUT2D eigenvalue weighted by Crippen LogP contribution is -2.42. The van der Waals surface area contributed by atoms with Crippen LogP contribution in [0.1, 0.15) is 43.9 Å². The van der Waals surface area contributed by atoms with E-state index in [2.05, 4.69) is 25.2 Å². The molecule has 0 saturated carbocycles. The normalized spacial score (nSPS) is 26.2. The van der Waals surface area contributed by atoms with Gasteiger partial charge in [0.05, 0.1) is 6.10 Å². The molecule has 0 unspecified atom stereocenters. The summed E-state index contributed by atoms with van der Waals surface area (Å²) in [6.07, 6.45) is 2.85. The van der Waals surface area contributed by atoms with Gasteiger partial charge in [0.2, 0.25) is 0 Å². The Morgan fingerprint density at radius 3 is 2.94 bits per heavy atom. The van der Waals surface area contributed by atoms with Crippen LogP contribution in [0.2, 0.25) is 0 Å². The third-order valence-corrected chi connectivity index (χ3v) is 3.59. The summed E-state index contributed by atoms with van der Waals surface area (Å²) >= 11 is 0. The molecule has 0 bridgehead atoms. The molecule has 0 radical (unpaired) electrons. The van der Waals surface area contributed by atoms with Crippen molar-refractivity contribution < 1.29 is 5.11 Å². The predicted molar refractivity (Wildman–Crippen MR) is 66.4 cm³/mol. The number of hydrogen-bond donors (Lipinski definition) is 2. The maximum atomic E-state index is 10.3. The molecular weight excluding hydrogens is 198 g/mol. The van der Waals surface area contributed by atoms with Crippen molar-refractivity contribution in [1.29, 1.82) is 0 Å². The Bertz CT molecular complexity index is 350. The lowest BCUT2D eigenvalue weighted by Gasteiger charge is -2.32. The quantitative estimate of drug-likeness (QED) is 0.818. The number of rotatable bonds is 3. The first kappa shape index (κ1) is 11.6. The van der Waals surface area contributed by atoms with Gasteiger partial charge in [0.25, 0.3) is 0 Å². The van der Waals surface area contributed by atoms with Crippen molar-refractivity contribution in [2.24, 2.45) is 0 Å². The first-order chi connectivity index (χ1) is 7.72.